The van der Waals surface area contributed by atoms with Crippen molar-refractivity contribution in [1.29, 1.82) is 0 Å². The Labute approximate surface area is 497 Å². The molecule has 13 aromatic carbocycles. The number of para-hydroxylation sites is 4. The molecule has 1 heterocycles. The second-order valence-electron chi connectivity index (χ2n) is 22.5. The lowest BCUT2D eigenvalue weighted by molar-refractivity contribution is 0.660. The molecule has 0 radical (unpaired) electrons. The van der Waals surface area contributed by atoms with Crippen LogP contribution in [-0.2, 0) is 5.41 Å². The first kappa shape index (κ1) is 51.0. The maximum absolute atomic E-state index is 2.49. The quantitative estimate of drug-likeness (QED) is 0.114. The van der Waals surface area contributed by atoms with Crippen molar-refractivity contribution >= 4 is 72.9 Å². The van der Waals surface area contributed by atoms with Gasteiger partial charge in [0.15, 0.2) is 0 Å². The summed E-state index contributed by atoms with van der Waals surface area (Å²) >= 11 is 0. The van der Waals surface area contributed by atoms with Gasteiger partial charge in [-0.1, -0.05) is 214 Å². The molecule has 404 valence electrons. The summed E-state index contributed by atoms with van der Waals surface area (Å²) in [6, 6.07) is 119. The van der Waals surface area contributed by atoms with E-state index in [1.54, 1.807) is 0 Å². The average molecular weight is 1090 g/mol. The lowest BCUT2D eigenvalue weighted by Gasteiger charge is -2.30. The highest BCUT2D eigenvalue weighted by Crippen LogP contribution is 2.52. The van der Waals surface area contributed by atoms with Gasteiger partial charge in [0.25, 0.3) is 0 Å². The van der Waals surface area contributed by atoms with E-state index in [-0.39, 0.29) is 5.41 Å². The van der Waals surface area contributed by atoms with Crippen LogP contribution in [0.4, 0.5) is 51.2 Å². The van der Waals surface area contributed by atoms with E-state index in [1.165, 1.54) is 66.3 Å². The van der Waals surface area contributed by atoms with Gasteiger partial charge in [-0.3, -0.25) is 0 Å². The third-order valence-electron chi connectivity index (χ3n) is 17.1. The van der Waals surface area contributed by atoms with Gasteiger partial charge in [0.1, 0.15) is 0 Å². The first-order valence-electron chi connectivity index (χ1n) is 29.3. The molecule has 0 atom stereocenters. The summed E-state index contributed by atoms with van der Waals surface area (Å²) in [5.41, 5.74) is 24.2. The molecule has 0 saturated heterocycles. The molecule has 1 aliphatic rings. The average Bonchev–Trinajstić information content (AvgIpc) is 2.84. The third kappa shape index (κ3) is 9.04. The Morgan fingerprint density at radius 1 is 0.259 bits per heavy atom. The largest absolute Gasteiger partial charge is 0.311 e. The molecule has 4 heteroatoms. The van der Waals surface area contributed by atoms with E-state index < -0.39 is 0 Å². The number of hydrogen-bond donors (Lipinski definition) is 0. The number of rotatable bonds is 13. The predicted molar refractivity (Wildman–Crippen MR) is 359 cm³/mol. The Morgan fingerprint density at radius 2 is 0.635 bits per heavy atom. The van der Waals surface area contributed by atoms with Crippen LogP contribution in [0.1, 0.15) is 25.0 Å². The van der Waals surface area contributed by atoms with Gasteiger partial charge in [-0.2, -0.15) is 0 Å². The number of hydrogen-bond acceptors (Lipinski definition) is 3. The molecule has 0 spiro atoms. The van der Waals surface area contributed by atoms with Crippen LogP contribution in [0.25, 0.3) is 72.0 Å². The van der Waals surface area contributed by atoms with Crippen molar-refractivity contribution in [1.82, 2.24) is 4.57 Å². The Balaban J connectivity index is 0.876. The molecule has 15 rings (SSSR count). The van der Waals surface area contributed by atoms with Gasteiger partial charge in [-0.25, -0.2) is 0 Å². The van der Waals surface area contributed by atoms with Gasteiger partial charge < -0.3 is 19.3 Å². The van der Waals surface area contributed by atoms with Crippen LogP contribution in [0.3, 0.4) is 0 Å². The molecular weight excluding hydrogens is 1030 g/mol. The minimum absolute atomic E-state index is 0.135. The highest BCUT2D eigenvalue weighted by molar-refractivity contribution is 6.20. The van der Waals surface area contributed by atoms with Gasteiger partial charge in [0.2, 0.25) is 0 Å². The van der Waals surface area contributed by atoms with Crippen molar-refractivity contribution in [2.45, 2.75) is 19.3 Å². The molecule has 0 fully saturated rings. The molecule has 0 amide bonds. The standard InChI is InChI=1S/C81H60N4/c1-81(2)76-40-24-23-38-71(76)72-54-53-69(55-77(72)81)84(62-33-17-7-18-34-62)68-51-49-67(50-52-68)83(66-47-45-65(46-48-66)82(60-29-13-5-14-30-60)61-31-15-6-16-32-61)64-43-41-57(42-44-64)74-56-75-78(58-25-9-3-10-26-58)79(59-27-11-4-12-28-59)85(63-35-19-8-20-36-63)80(75)73-39-22-21-37-70(73)74/h3-56H,1-2H3. The van der Waals surface area contributed by atoms with Gasteiger partial charge >= 0.3 is 0 Å². The Hall–Kier alpha value is -10.9. The zero-order valence-corrected chi connectivity index (χ0v) is 47.5. The van der Waals surface area contributed by atoms with Gasteiger partial charge in [-0.15, -0.1) is 0 Å². The molecule has 0 unspecified atom stereocenters. The van der Waals surface area contributed by atoms with Crippen LogP contribution in [0.15, 0.2) is 328 Å². The molecule has 0 aliphatic heterocycles. The fourth-order valence-corrected chi connectivity index (χ4v) is 13.2. The molecule has 85 heavy (non-hydrogen) atoms. The monoisotopic (exact) mass is 1090 g/mol. The van der Waals surface area contributed by atoms with E-state index in [2.05, 4.69) is 361 Å². The number of anilines is 9. The fourth-order valence-electron chi connectivity index (χ4n) is 13.2. The first-order chi connectivity index (χ1) is 42.0. The Bertz CT molecular complexity index is 4640. The SMILES string of the molecule is CC1(C)c2ccccc2-c2ccc(N(c3ccccc3)c3ccc(N(c4ccc(-c5cc6c(-c7ccccc7)c(-c7ccccc7)n(-c7ccccc7)c6c6ccccc56)cc4)c4ccc(N(c5ccccc5)c5ccccc5)cc4)cc3)cc21. The van der Waals surface area contributed by atoms with Crippen LogP contribution in [0.5, 0.6) is 0 Å². The summed E-state index contributed by atoms with van der Waals surface area (Å²) in [7, 11) is 0. The van der Waals surface area contributed by atoms with E-state index in [0.717, 1.165) is 68.0 Å². The number of nitrogens with zero attached hydrogens (tertiary/aromatic N) is 4. The van der Waals surface area contributed by atoms with E-state index in [0.29, 0.717) is 0 Å². The van der Waals surface area contributed by atoms with Crippen LogP contribution < -0.4 is 14.7 Å². The molecule has 1 aliphatic carbocycles. The third-order valence-corrected chi connectivity index (χ3v) is 17.1. The highest BCUT2D eigenvalue weighted by atomic mass is 15.2. The summed E-state index contributed by atoms with van der Waals surface area (Å²) in [5.74, 6) is 0. The van der Waals surface area contributed by atoms with Crippen LogP contribution in [0, 0.1) is 0 Å². The van der Waals surface area contributed by atoms with Crippen molar-refractivity contribution in [2.75, 3.05) is 14.7 Å². The fraction of sp³-hybridized carbons (Fsp3) is 0.0370. The van der Waals surface area contributed by atoms with E-state index in [1.807, 2.05) is 0 Å². The highest BCUT2D eigenvalue weighted by Gasteiger charge is 2.36. The van der Waals surface area contributed by atoms with E-state index in [9.17, 15) is 0 Å². The lowest BCUT2D eigenvalue weighted by atomic mass is 9.82. The van der Waals surface area contributed by atoms with Gasteiger partial charge in [-0.05, 0) is 177 Å². The number of fused-ring (bicyclic) bond motifs is 6. The van der Waals surface area contributed by atoms with E-state index >= 15 is 0 Å². The normalized spacial score (nSPS) is 12.2. The summed E-state index contributed by atoms with van der Waals surface area (Å²) in [4.78, 5) is 7.09. The minimum atomic E-state index is -0.135. The smallest absolute Gasteiger partial charge is 0.0620 e. The van der Waals surface area contributed by atoms with Gasteiger partial charge in [0, 0.05) is 78.6 Å². The summed E-state index contributed by atoms with van der Waals surface area (Å²) in [5, 5.41) is 3.59. The molecule has 0 bridgehead atoms. The van der Waals surface area contributed by atoms with Crippen LogP contribution >= 0.6 is 0 Å². The number of aromatic nitrogens is 1. The zero-order chi connectivity index (χ0) is 56.8. The second kappa shape index (κ2) is 21.4. The maximum atomic E-state index is 2.49. The second-order valence-corrected chi connectivity index (χ2v) is 22.5. The van der Waals surface area contributed by atoms with Crippen LogP contribution in [-0.4, -0.2) is 4.57 Å². The lowest BCUT2D eigenvalue weighted by Crippen LogP contribution is -2.16. The topological polar surface area (TPSA) is 14.7 Å². The molecule has 1 aromatic heterocycles. The Kier molecular flexibility index (Phi) is 12.9. The molecule has 0 N–H and O–H groups in total. The zero-order valence-electron chi connectivity index (χ0n) is 47.5. The summed E-state index contributed by atoms with van der Waals surface area (Å²) in [6.45, 7) is 4.71. The summed E-state index contributed by atoms with van der Waals surface area (Å²) in [6.07, 6.45) is 0. The van der Waals surface area contributed by atoms with Crippen molar-refractivity contribution in [3.63, 3.8) is 0 Å². The Morgan fingerprint density at radius 3 is 1.15 bits per heavy atom. The van der Waals surface area contributed by atoms with Crippen molar-refractivity contribution in [2.24, 2.45) is 0 Å². The van der Waals surface area contributed by atoms with Crippen molar-refractivity contribution in [3.8, 4) is 50.3 Å². The minimum Gasteiger partial charge on any atom is -0.311 e. The molecule has 4 nitrogen and oxygen atoms in total. The first-order valence-corrected chi connectivity index (χ1v) is 29.3. The van der Waals surface area contributed by atoms with Crippen LogP contribution in [0.2, 0.25) is 0 Å². The molecule has 14 aromatic rings. The van der Waals surface area contributed by atoms with E-state index in [4.69, 9.17) is 0 Å². The van der Waals surface area contributed by atoms with Crippen molar-refractivity contribution < 1.29 is 0 Å². The van der Waals surface area contributed by atoms with Crippen molar-refractivity contribution in [3.05, 3.63) is 339 Å². The molecular formula is C81H60N4. The summed E-state index contributed by atoms with van der Waals surface area (Å²) < 4.78 is 2.49. The maximum Gasteiger partial charge on any atom is 0.0620 e. The molecule has 0 saturated carbocycles. The van der Waals surface area contributed by atoms with Gasteiger partial charge in [0.05, 0.1) is 11.2 Å². The predicted octanol–water partition coefficient (Wildman–Crippen LogP) is 22.5. The number of benzene rings is 13.